The van der Waals surface area contributed by atoms with Crippen molar-refractivity contribution in [2.45, 2.75) is 6.92 Å². The fraction of sp³-hybridized carbons (Fsp3) is 1.00. The Morgan fingerprint density at radius 3 is 1.75 bits per heavy atom. The molecule has 0 bridgehead atoms. The maximum atomic E-state index is 7.57. The fourth-order valence-corrected chi connectivity index (χ4v) is 0. The second kappa shape index (κ2) is 8.82. The number of hydrogen-bond acceptors (Lipinski definition) is 1. The van der Waals surface area contributed by atoms with E-state index in [9.17, 15) is 0 Å². The molecule has 0 aromatic heterocycles. The molecule has 0 spiro atoms. The van der Waals surface area contributed by atoms with Gasteiger partial charge in [-0.2, -0.15) is 0 Å². The summed E-state index contributed by atoms with van der Waals surface area (Å²) < 4.78 is 0. The first-order chi connectivity index (χ1) is 1.41. The molecule has 0 unspecified atom stereocenters. The predicted octanol–water partition coefficient (Wildman–Crippen LogP) is -0.918. The van der Waals surface area contributed by atoms with Gasteiger partial charge in [0.1, 0.15) is 0 Å². The van der Waals surface area contributed by atoms with E-state index in [0.29, 0.717) is 0 Å². The third-order valence-corrected chi connectivity index (χ3v) is 0. The summed E-state index contributed by atoms with van der Waals surface area (Å²) in [5.41, 5.74) is 0. The van der Waals surface area contributed by atoms with Crippen LogP contribution in [0, 0.1) is 0 Å². The van der Waals surface area contributed by atoms with Gasteiger partial charge in [-0.3, -0.25) is 0 Å². The summed E-state index contributed by atoms with van der Waals surface area (Å²) in [6.45, 7) is 1.93. The molecule has 1 N–H and O–H groups in total. The quantitative estimate of drug-likeness (QED) is 0.484. The van der Waals surface area contributed by atoms with Gasteiger partial charge in [0, 0.05) is 6.61 Å². The number of aliphatic hydroxyl groups excluding tert-OH is 1. The van der Waals surface area contributed by atoms with Crippen molar-refractivity contribution in [3.05, 3.63) is 0 Å². The predicted molar refractivity (Wildman–Crippen MR) is 21.3 cm³/mol. The monoisotopic (exact) mass is 186 g/mol. The molecule has 0 amide bonds. The van der Waals surface area contributed by atoms with E-state index in [-0.39, 0.29) is 55.5 Å². The van der Waals surface area contributed by atoms with Crippen LogP contribution in [0.3, 0.4) is 0 Å². The molecule has 0 saturated carbocycles. The summed E-state index contributed by atoms with van der Waals surface area (Å²) in [5.74, 6) is 0. The van der Waals surface area contributed by atoms with Crippen LogP contribution < -0.4 is 0 Å². The normalized spacial score (nSPS) is 4.50. The van der Waals surface area contributed by atoms with E-state index in [1.54, 1.807) is 6.92 Å². The second-order valence-corrected chi connectivity index (χ2v) is 0.316. The van der Waals surface area contributed by atoms with Crippen molar-refractivity contribution in [2.75, 3.05) is 6.61 Å². The van der Waals surface area contributed by atoms with Crippen molar-refractivity contribution < 1.29 is 5.11 Å². The van der Waals surface area contributed by atoms with Crippen molar-refractivity contribution >= 4 is 48.9 Å². The Morgan fingerprint density at radius 2 is 1.75 bits per heavy atom. The molecule has 0 saturated heterocycles. The Bertz CT molecular complexity index is 6.00. The van der Waals surface area contributed by atoms with Crippen LogP contribution in [-0.2, 0) is 0 Å². The van der Waals surface area contributed by atoms with E-state index in [0.717, 1.165) is 0 Å². The Kier molecular flexibility index (Phi) is 20.1. The Hall–Kier alpha value is 1.53. The van der Waals surface area contributed by atoms with E-state index >= 15 is 0 Å². The molecule has 2 heteroatoms. The molecular weight excluding hydrogens is 177 g/mol. The van der Waals surface area contributed by atoms with Gasteiger partial charge < -0.3 is 5.11 Å². The molecule has 0 aliphatic heterocycles. The van der Waals surface area contributed by atoms with E-state index < -0.39 is 0 Å². The summed E-state index contributed by atoms with van der Waals surface area (Å²) >= 11 is 0. The molecule has 4 heavy (non-hydrogen) atoms. The van der Waals surface area contributed by atoms with Crippen LogP contribution in [-0.4, -0.2) is 60.6 Å². The van der Waals surface area contributed by atoms with Crippen molar-refractivity contribution in [1.29, 1.82) is 0 Å². The molecule has 1 nitrogen and oxygen atoms in total. The van der Waals surface area contributed by atoms with Gasteiger partial charge in [-0.1, -0.05) is 0 Å². The molecule has 0 aromatic rings. The van der Waals surface area contributed by atoms with Gasteiger partial charge in [0.25, 0.3) is 0 Å². The van der Waals surface area contributed by atoms with Gasteiger partial charge in [-0.05, 0) is 6.92 Å². The zero-order valence-electron chi connectivity index (χ0n) is 2.15. The second-order valence-electron chi connectivity index (χ2n) is 0.316. The van der Waals surface area contributed by atoms with Crippen LogP contribution in [0.4, 0.5) is 0 Å². The van der Waals surface area contributed by atoms with Gasteiger partial charge in [0.15, 0.2) is 0 Å². The number of rotatable bonds is 0. The zero-order valence-corrected chi connectivity index (χ0v) is 2.15. The number of hydrogen-bond donors (Lipinski definition) is 1. The van der Waals surface area contributed by atoms with Crippen LogP contribution in [0.2, 0.25) is 0 Å². The zero-order chi connectivity index (χ0) is 2.71. The summed E-state index contributed by atoms with van der Waals surface area (Å²) in [6.07, 6.45) is 0. The Balaban J connectivity index is 0. The first kappa shape index (κ1) is 9.11. The van der Waals surface area contributed by atoms with Gasteiger partial charge in [-0.25, -0.2) is 0 Å². The van der Waals surface area contributed by atoms with Crippen LogP contribution in [0.15, 0.2) is 0 Å². The van der Waals surface area contributed by atoms with Gasteiger partial charge >= 0.3 is 48.9 Å². The molecule has 0 atom stereocenters. The van der Waals surface area contributed by atoms with Gasteiger partial charge in [0.05, 0.1) is 0 Å². The molecular formula is C2H8BaO. The van der Waals surface area contributed by atoms with Crippen LogP contribution >= 0.6 is 0 Å². The average molecular weight is 185 g/mol. The SMILES string of the molecule is CCO.[BaH2]. The summed E-state index contributed by atoms with van der Waals surface area (Å²) in [5, 5.41) is 7.57. The molecule has 0 aromatic carbocycles. The van der Waals surface area contributed by atoms with Crippen LogP contribution in [0.1, 0.15) is 6.92 Å². The molecule has 0 heterocycles. The molecule has 24 valence electrons. The average Bonchev–Trinajstić information content (AvgIpc) is 0.918. The first-order valence-electron chi connectivity index (χ1n) is 1.02. The third kappa shape index (κ3) is 9.65. The van der Waals surface area contributed by atoms with Crippen LogP contribution in [0.5, 0.6) is 0 Å². The Labute approximate surface area is 66.5 Å². The Morgan fingerprint density at radius 1 is 1.75 bits per heavy atom. The van der Waals surface area contributed by atoms with Crippen molar-refractivity contribution in [2.24, 2.45) is 0 Å². The third-order valence-electron chi connectivity index (χ3n) is 0. The topological polar surface area (TPSA) is 20.2 Å². The minimum absolute atomic E-state index is 0. The standard InChI is InChI=1S/C2H6O.Ba.2H/c1-2-3;;;/h3H,2H2,1H3;;;. The molecule has 0 aliphatic carbocycles. The molecule has 0 aliphatic rings. The summed E-state index contributed by atoms with van der Waals surface area (Å²) in [7, 11) is 0. The minimum atomic E-state index is 0. The fourth-order valence-electron chi connectivity index (χ4n) is 0. The van der Waals surface area contributed by atoms with Crippen LogP contribution in [0.25, 0.3) is 0 Å². The van der Waals surface area contributed by atoms with E-state index in [1.807, 2.05) is 0 Å². The summed E-state index contributed by atoms with van der Waals surface area (Å²) in [6, 6.07) is 0. The molecule has 0 fully saturated rings. The number of aliphatic hydroxyl groups is 1. The van der Waals surface area contributed by atoms with E-state index in [4.69, 9.17) is 5.11 Å². The van der Waals surface area contributed by atoms with Crippen molar-refractivity contribution in [3.63, 3.8) is 0 Å². The van der Waals surface area contributed by atoms with E-state index in [1.165, 1.54) is 0 Å². The van der Waals surface area contributed by atoms with Crippen molar-refractivity contribution in [3.8, 4) is 0 Å². The first-order valence-corrected chi connectivity index (χ1v) is 1.02. The van der Waals surface area contributed by atoms with Gasteiger partial charge in [0.2, 0.25) is 0 Å². The molecule has 0 radical (unpaired) electrons. The maximum absolute atomic E-state index is 7.57. The van der Waals surface area contributed by atoms with Crippen molar-refractivity contribution in [1.82, 2.24) is 0 Å². The summed E-state index contributed by atoms with van der Waals surface area (Å²) in [4.78, 5) is 0. The van der Waals surface area contributed by atoms with E-state index in [2.05, 4.69) is 0 Å². The van der Waals surface area contributed by atoms with Gasteiger partial charge in [-0.15, -0.1) is 0 Å². The molecule has 0 rings (SSSR count).